The van der Waals surface area contributed by atoms with Crippen molar-refractivity contribution in [3.63, 3.8) is 0 Å². The fourth-order valence-electron chi connectivity index (χ4n) is 2.50. The zero-order chi connectivity index (χ0) is 23.9. The van der Waals surface area contributed by atoms with E-state index in [0.29, 0.717) is 16.8 Å². The molecule has 9 nitrogen and oxygen atoms in total. The molecule has 0 fully saturated rings. The Balaban J connectivity index is 2.18. The predicted octanol–water partition coefficient (Wildman–Crippen LogP) is 2.28. The van der Waals surface area contributed by atoms with E-state index in [0.717, 1.165) is 11.5 Å². The van der Waals surface area contributed by atoms with Gasteiger partial charge >= 0.3 is 5.97 Å². The maximum Gasteiger partial charge on any atom is 0.322 e. The number of carboxylic acid groups (broad SMARTS) is 1. The van der Waals surface area contributed by atoms with Crippen molar-refractivity contribution in [2.24, 2.45) is 5.92 Å². The minimum atomic E-state index is -4.03. The Morgan fingerprint density at radius 2 is 1.88 bits per heavy atom. The Hall–Kier alpha value is -3.33. The molecule has 1 aromatic heterocycles. The van der Waals surface area contributed by atoms with Gasteiger partial charge in [-0.3, -0.25) is 9.59 Å². The molecular formula is C21H22N4O5S2. The number of amides is 1. The van der Waals surface area contributed by atoms with Crippen LogP contribution in [0.2, 0.25) is 0 Å². The topological polar surface area (TPSA) is 138 Å². The molecule has 2 aromatic rings. The monoisotopic (exact) mass is 474 g/mol. The van der Waals surface area contributed by atoms with E-state index in [1.807, 2.05) is 0 Å². The zero-order valence-corrected chi connectivity index (χ0v) is 19.2. The Labute approximate surface area is 190 Å². The third-order valence-electron chi connectivity index (χ3n) is 4.25. The molecule has 0 aliphatic heterocycles. The van der Waals surface area contributed by atoms with Crippen molar-refractivity contribution >= 4 is 39.0 Å². The number of carboxylic acids is 1. The molecule has 11 heteroatoms. The number of terminal acetylenes is 1. The number of carbonyl (C=O) groups is 2. The van der Waals surface area contributed by atoms with Gasteiger partial charge < -0.3 is 10.4 Å². The van der Waals surface area contributed by atoms with Crippen LogP contribution < -0.4 is 10.0 Å². The summed E-state index contributed by atoms with van der Waals surface area (Å²) in [5.41, 5.74) is 1.75. The molecule has 0 aliphatic rings. The number of hydrogen-bond donors (Lipinski definition) is 3. The van der Waals surface area contributed by atoms with Crippen LogP contribution in [0.5, 0.6) is 0 Å². The average molecular weight is 475 g/mol. The molecule has 0 saturated heterocycles. The maximum atomic E-state index is 12.5. The van der Waals surface area contributed by atoms with Gasteiger partial charge in [-0.05, 0) is 54.2 Å². The third-order valence-corrected chi connectivity index (χ3v) is 6.21. The second-order valence-electron chi connectivity index (χ2n) is 7.02. The lowest BCUT2D eigenvalue weighted by Crippen LogP contribution is -2.44. The van der Waals surface area contributed by atoms with E-state index < -0.39 is 33.9 Å². The third kappa shape index (κ3) is 6.58. The fraction of sp³-hybridized carbons (Fsp3) is 0.238. The van der Waals surface area contributed by atoms with Crippen LogP contribution in [0.25, 0.3) is 5.57 Å². The second kappa shape index (κ2) is 10.8. The van der Waals surface area contributed by atoms with Crippen LogP contribution in [-0.2, 0) is 14.8 Å². The van der Waals surface area contributed by atoms with Crippen LogP contribution >= 0.6 is 11.5 Å². The highest BCUT2D eigenvalue weighted by atomic mass is 32.2. The summed E-state index contributed by atoms with van der Waals surface area (Å²) in [7, 11) is -4.03. The summed E-state index contributed by atoms with van der Waals surface area (Å²) in [5, 5.41) is 17.1. The quantitative estimate of drug-likeness (QED) is 0.374. The Kier molecular flexibility index (Phi) is 8.42. The summed E-state index contributed by atoms with van der Waals surface area (Å²) in [4.78, 5) is 23.2. The molecule has 168 valence electrons. The SMILES string of the molecule is C#C/C(=C\C=C(/C)NC(=O)c1csnn1)c1ccc(S(=O)(=O)N[C@H](C(=O)O)C(C)C)cc1. The zero-order valence-electron chi connectivity index (χ0n) is 17.6. The number of benzene rings is 1. The van der Waals surface area contributed by atoms with Gasteiger partial charge in [0.2, 0.25) is 10.0 Å². The van der Waals surface area contributed by atoms with Crippen molar-refractivity contribution in [3.05, 3.63) is 58.8 Å². The number of sulfonamides is 1. The number of nitrogens with zero attached hydrogens (tertiary/aromatic N) is 2. The second-order valence-corrected chi connectivity index (χ2v) is 9.35. The first-order valence-electron chi connectivity index (χ1n) is 9.34. The summed E-state index contributed by atoms with van der Waals surface area (Å²) in [5.74, 6) is 0.436. The van der Waals surface area contributed by atoms with Crippen molar-refractivity contribution in [2.75, 3.05) is 0 Å². The number of carbonyl (C=O) groups excluding carboxylic acids is 1. The molecule has 0 saturated carbocycles. The summed E-state index contributed by atoms with van der Waals surface area (Å²) in [6.45, 7) is 4.90. The standard InChI is InChI=1S/C21H22N4O5S2/c1-5-15(7-6-14(4)22-20(26)18-12-31-25-23-18)16-8-10-17(11-9-16)32(29,30)24-19(13(2)3)21(27)28/h1,6-13,19,24H,2-4H3,(H,22,26)(H,27,28)/b14-6+,15-7+/t19-/m0/s1. The molecule has 32 heavy (non-hydrogen) atoms. The van der Waals surface area contributed by atoms with Crippen LogP contribution in [0.3, 0.4) is 0 Å². The van der Waals surface area contributed by atoms with Gasteiger partial charge in [0.1, 0.15) is 6.04 Å². The molecule has 1 atom stereocenters. The Morgan fingerprint density at radius 1 is 1.22 bits per heavy atom. The van der Waals surface area contributed by atoms with E-state index in [1.54, 1.807) is 32.9 Å². The van der Waals surface area contributed by atoms with Gasteiger partial charge in [-0.15, -0.1) is 11.5 Å². The summed E-state index contributed by atoms with van der Waals surface area (Å²) >= 11 is 1.07. The van der Waals surface area contributed by atoms with Crippen molar-refractivity contribution < 1.29 is 23.1 Å². The average Bonchev–Trinajstić information content (AvgIpc) is 3.27. The molecule has 0 radical (unpaired) electrons. The van der Waals surface area contributed by atoms with Crippen LogP contribution in [0.1, 0.15) is 36.8 Å². The van der Waals surface area contributed by atoms with Gasteiger partial charge in [-0.1, -0.05) is 36.4 Å². The molecule has 2 rings (SSSR count). The van der Waals surface area contributed by atoms with Crippen molar-refractivity contribution in [1.29, 1.82) is 0 Å². The highest BCUT2D eigenvalue weighted by molar-refractivity contribution is 7.89. The van der Waals surface area contributed by atoms with Crippen molar-refractivity contribution in [2.45, 2.75) is 31.7 Å². The fourth-order valence-corrected chi connectivity index (χ4v) is 4.28. The van der Waals surface area contributed by atoms with Gasteiger partial charge in [0, 0.05) is 16.7 Å². The smallest absolute Gasteiger partial charge is 0.322 e. The number of aliphatic carboxylic acids is 1. The number of aromatic nitrogens is 2. The molecular weight excluding hydrogens is 452 g/mol. The van der Waals surface area contributed by atoms with Gasteiger partial charge in [-0.2, -0.15) is 4.72 Å². The van der Waals surface area contributed by atoms with E-state index >= 15 is 0 Å². The molecule has 0 unspecified atom stereocenters. The van der Waals surface area contributed by atoms with Crippen LogP contribution in [-0.4, -0.2) is 41.0 Å². The Morgan fingerprint density at radius 3 is 2.38 bits per heavy atom. The van der Waals surface area contributed by atoms with E-state index in [-0.39, 0.29) is 10.6 Å². The summed E-state index contributed by atoms with van der Waals surface area (Å²) in [6, 6.07) is 4.48. The van der Waals surface area contributed by atoms with Crippen LogP contribution in [0, 0.1) is 18.3 Å². The van der Waals surface area contributed by atoms with Gasteiger partial charge in [0.05, 0.1) is 4.90 Å². The molecule has 0 spiro atoms. The molecule has 1 heterocycles. The van der Waals surface area contributed by atoms with E-state index in [2.05, 4.69) is 25.5 Å². The van der Waals surface area contributed by atoms with E-state index in [9.17, 15) is 23.1 Å². The van der Waals surface area contributed by atoms with Gasteiger partial charge in [0.25, 0.3) is 5.91 Å². The molecule has 1 aromatic carbocycles. The molecule has 0 bridgehead atoms. The molecule has 0 aliphatic carbocycles. The first kappa shape index (κ1) is 24.9. The summed E-state index contributed by atoms with van der Waals surface area (Å²) < 4.78 is 30.9. The Bertz CT molecular complexity index is 1180. The van der Waals surface area contributed by atoms with Gasteiger partial charge in [-0.25, -0.2) is 8.42 Å². The number of nitrogens with one attached hydrogen (secondary N) is 2. The minimum Gasteiger partial charge on any atom is -0.480 e. The highest BCUT2D eigenvalue weighted by Gasteiger charge is 2.27. The van der Waals surface area contributed by atoms with Crippen molar-refractivity contribution in [3.8, 4) is 12.3 Å². The lowest BCUT2D eigenvalue weighted by Gasteiger charge is -2.18. The lowest BCUT2D eigenvalue weighted by molar-refractivity contribution is -0.140. The molecule has 1 amide bonds. The first-order valence-corrected chi connectivity index (χ1v) is 11.7. The maximum absolute atomic E-state index is 12.5. The molecule has 3 N–H and O–H groups in total. The largest absolute Gasteiger partial charge is 0.480 e. The normalized spacial score (nSPS) is 13.5. The number of rotatable bonds is 9. The lowest BCUT2D eigenvalue weighted by atomic mass is 10.1. The van der Waals surface area contributed by atoms with Crippen molar-refractivity contribution in [1.82, 2.24) is 19.6 Å². The van der Waals surface area contributed by atoms with Crippen LogP contribution in [0.4, 0.5) is 0 Å². The van der Waals surface area contributed by atoms with E-state index in [1.165, 1.54) is 29.6 Å². The first-order chi connectivity index (χ1) is 15.0. The van der Waals surface area contributed by atoms with Crippen LogP contribution in [0.15, 0.2) is 52.4 Å². The van der Waals surface area contributed by atoms with Gasteiger partial charge in [0.15, 0.2) is 5.69 Å². The predicted molar refractivity (Wildman–Crippen MR) is 121 cm³/mol. The highest BCUT2D eigenvalue weighted by Crippen LogP contribution is 2.18. The summed E-state index contributed by atoms with van der Waals surface area (Å²) in [6.07, 6.45) is 8.80. The number of allylic oxidation sites excluding steroid dienone is 4. The van der Waals surface area contributed by atoms with E-state index in [4.69, 9.17) is 6.42 Å². The number of hydrogen-bond acceptors (Lipinski definition) is 7. The minimum absolute atomic E-state index is 0.0830.